The highest BCUT2D eigenvalue weighted by molar-refractivity contribution is 6.35. The highest BCUT2D eigenvalue weighted by Crippen LogP contribution is 2.39. The molecule has 4 aromatic rings. The molecule has 0 aromatic heterocycles. The maximum atomic E-state index is 12.7. The van der Waals surface area contributed by atoms with Gasteiger partial charge in [-0.25, -0.2) is 9.59 Å². The molecule has 0 saturated carbocycles. The molecule has 0 amide bonds. The Bertz CT molecular complexity index is 1720. The van der Waals surface area contributed by atoms with E-state index in [4.69, 9.17) is 59.9 Å². The summed E-state index contributed by atoms with van der Waals surface area (Å²) in [5.41, 5.74) is 4.13. The number of aliphatic carboxylic acids is 1. The Hall–Kier alpha value is -4.72. The van der Waals surface area contributed by atoms with Gasteiger partial charge in [0, 0.05) is 6.07 Å². The lowest BCUT2D eigenvalue weighted by Gasteiger charge is -2.13. The Labute approximate surface area is 267 Å². The number of para-hydroxylation sites is 1. The van der Waals surface area contributed by atoms with Crippen LogP contribution in [0.4, 0.5) is 24.5 Å². The fourth-order valence-electron chi connectivity index (χ4n) is 3.30. The largest absolute Gasteiger partial charge is 0.479 e. The molecule has 0 aliphatic heterocycles. The van der Waals surface area contributed by atoms with Crippen molar-refractivity contribution < 1.29 is 47.0 Å². The highest BCUT2D eigenvalue weighted by Gasteiger charge is 2.31. The summed E-state index contributed by atoms with van der Waals surface area (Å²) in [5, 5.41) is 19.2. The number of nitrogens with two attached hydrogens (primary N) is 1. The van der Waals surface area contributed by atoms with Crippen molar-refractivity contribution >= 4 is 58.1 Å². The van der Waals surface area contributed by atoms with Crippen molar-refractivity contribution in [1.82, 2.24) is 0 Å². The van der Waals surface area contributed by atoms with Crippen molar-refractivity contribution in [2.45, 2.75) is 19.2 Å². The molecular formula is C29H20Cl3F3N2O8. The number of halogens is 6. The van der Waals surface area contributed by atoms with Crippen molar-refractivity contribution in [3.8, 4) is 23.0 Å². The van der Waals surface area contributed by atoms with E-state index >= 15 is 0 Å². The number of carboxylic acids is 1. The Morgan fingerprint density at radius 3 is 2.09 bits per heavy atom. The van der Waals surface area contributed by atoms with E-state index in [2.05, 4.69) is 0 Å². The Morgan fingerprint density at radius 1 is 0.889 bits per heavy atom. The van der Waals surface area contributed by atoms with Crippen molar-refractivity contribution in [3.05, 3.63) is 115 Å². The molecule has 0 saturated heterocycles. The number of carbonyl (C=O) groups excluding carboxylic acids is 1. The lowest BCUT2D eigenvalue weighted by atomic mass is 10.2. The predicted molar refractivity (Wildman–Crippen MR) is 160 cm³/mol. The second-order valence-corrected chi connectivity index (χ2v) is 9.95. The van der Waals surface area contributed by atoms with Crippen molar-refractivity contribution in [2.75, 3.05) is 5.73 Å². The lowest BCUT2D eigenvalue weighted by Crippen LogP contribution is -2.23. The van der Waals surface area contributed by atoms with Crippen LogP contribution in [0.3, 0.4) is 0 Å². The average molecular weight is 688 g/mol. The van der Waals surface area contributed by atoms with Gasteiger partial charge in [-0.15, -0.1) is 0 Å². The van der Waals surface area contributed by atoms with Gasteiger partial charge in [0.25, 0.3) is 5.69 Å². The second-order valence-electron chi connectivity index (χ2n) is 8.76. The van der Waals surface area contributed by atoms with E-state index in [-0.39, 0.29) is 49.3 Å². The maximum absolute atomic E-state index is 12.7. The van der Waals surface area contributed by atoms with Crippen LogP contribution in [0.1, 0.15) is 22.8 Å². The highest BCUT2D eigenvalue weighted by atomic mass is 35.5. The van der Waals surface area contributed by atoms with E-state index in [9.17, 15) is 32.9 Å². The molecule has 4 rings (SSSR count). The molecule has 45 heavy (non-hydrogen) atoms. The number of nitro groups is 1. The SMILES string of the molecule is C[C@H](OC(=O)c1cc(Oc2ccc(C(F)(F)F)cc2Cl)ccc1Cl)C(=O)O.Nc1c([N+](=O)[O-])ccc(Oc2ccccc2)c1Cl. The van der Waals surface area contributed by atoms with Gasteiger partial charge in [0.2, 0.25) is 0 Å². The molecule has 0 bridgehead atoms. The topological polar surface area (TPSA) is 151 Å². The van der Waals surface area contributed by atoms with Crippen LogP contribution in [0.25, 0.3) is 0 Å². The van der Waals surface area contributed by atoms with Gasteiger partial charge >= 0.3 is 18.1 Å². The number of alkyl halides is 3. The quantitative estimate of drug-likeness (QED) is 0.0800. The third-order valence-corrected chi connectivity index (χ3v) is 6.58. The fraction of sp³-hybridized carbons (Fsp3) is 0.103. The molecule has 0 unspecified atom stereocenters. The monoisotopic (exact) mass is 686 g/mol. The van der Waals surface area contributed by atoms with Gasteiger partial charge in [-0.2, -0.15) is 13.2 Å². The first-order valence-electron chi connectivity index (χ1n) is 12.3. The molecule has 0 aliphatic carbocycles. The molecule has 0 heterocycles. The van der Waals surface area contributed by atoms with E-state index in [0.717, 1.165) is 25.1 Å². The fourth-order valence-corrected chi connectivity index (χ4v) is 3.91. The third kappa shape index (κ3) is 9.38. The summed E-state index contributed by atoms with van der Waals surface area (Å²) >= 11 is 17.7. The minimum atomic E-state index is -4.56. The van der Waals surface area contributed by atoms with Gasteiger partial charge in [0.05, 0.1) is 26.1 Å². The maximum Gasteiger partial charge on any atom is 0.416 e. The van der Waals surface area contributed by atoms with Crippen molar-refractivity contribution in [2.24, 2.45) is 0 Å². The number of anilines is 1. The summed E-state index contributed by atoms with van der Waals surface area (Å²) in [6.45, 7) is 1.16. The van der Waals surface area contributed by atoms with Gasteiger partial charge in [0.15, 0.2) is 6.10 Å². The number of hydrogen-bond acceptors (Lipinski definition) is 8. The third-order valence-electron chi connectivity index (χ3n) is 5.57. The predicted octanol–water partition coefficient (Wildman–Crippen LogP) is 9.06. The first-order valence-corrected chi connectivity index (χ1v) is 13.4. The number of nitrogen functional groups attached to an aromatic ring is 1. The number of carboxylic acid groups (broad SMARTS) is 1. The van der Waals surface area contributed by atoms with Crippen LogP contribution in [0, 0.1) is 10.1 Å². The zero-order valence-corrected chi connectivity index (χ0v) is 24.9. The van der Waals surface area contributed by atoms with Crippen molar-refractivity contribution in [3.63, 3.8) is 0 Å². The van der Waals surface area contributed by atoms with Gasteiger partial charge in [0.1, 0.15) is 33.7 Å². The Kier molecular flexibility index (Phi) is 11.5. The van der Waals surface area contributed by atoms with Gasteiger partial charge in [-0.3, -0.25) is 10.1 Å². The summed E-state index contributed by atoms with van der Waals surface area (Å²) in [7, 11) is 0. The number of nitrogens with zero attached hydrogens (tertiary/aromatic N) is 1. The number of ether oxygens (including phenoxy) is 3. The number of rotatable bonds is 8. The number of hydrogen-bond donors (Lipinski definition) is 2. The van der Waals surface area contributed by atoms with Crippen LogP contribution >= 0.6 is 34.8 Å². The van der Waals surface area contributed by atoms with Crippen LogP contribution in [0.2, 0.25) is 15.1 Å². The first-order chi connectivity index (χ1) is 21.1. The first kappa shape index (κ1) is 34.8. The van der Waals surface area contributed by atoms with Crippen LogP contribution < -0.4 is 15.2 Å². The van der Waals surface area contributed by atoms with E-state index in [0.29, 0.717) is 11.8 Å². The number of carbonyl (C=O) groups is 2. The summed E-state index contributed by atoms with van der Waals surface area (Å²) in [6, 6.07) is 18.0. The number of esters is 1. The normalized spacial score (nSPS) is 11.4. The van der Waals surface area contributed by atoms with Crippen molar-refractivity contribution in [1.29, 1.82) is 0 Å². The minimum absolute atomic E-state index is 0.0246. The van der Waals surface area contributed by atoms with Crippen LogP contribution in [-0.2, 0) is 15.7 Å². The number of benzene rings is 4. The van der Waals surface area contributed by atoms with E-state index in [1.165, 1.54) is 24.3 Å². The molecule has 3 N–H and O–H groups in total. The molecular weight excluding hydrogens is 668 g/mol. The minimum Gasteiger partial charge on any atom is -0.479 e. The molecule has 10 nitrogen and oxygen atoms in total. The molecule has 0 aliphatic rings. The summed E-state index contributed by atoms with van der Waals surface area (Å²) in [4.78, 5) is 32.9. The molecule has 4 aromatic carbocycles. The van der Waals surface area contributed by atoms with E-state index in [1.54, 1.807) is 24.3 Å². The summed E-state index contributed by atoms with van der Waals surface area (Å²) < 4.78 is 53.6. The molecule has 1 atom stereocenters. The van der Waals surface area contributed by atoms with E-state index in [1.807, 2.05) is 6.07 Å². The number of nitro benzene ring substituents is 1. The van der Waals surface area contributed by atoms with Gasteiger partial charge in [-0.1, -0.05) is 53.0 Å². The second kappa shape index (κ2) is 14.8. The summed E-state index contributed by atoms with van der Waals surface area (Å²) in [5.74, 6) is -1.53. The molecule has 0 radical (unpaired) electrons. The Morgan fingerprint density at radius 2 is 1.51 bits per heavy atom. The molecule has 0 fully saturated rings. The Balaban J connectivity index is 0.000000265. The van der Waals surface area contributed by atoms with Crippen LogP contribution in [-0.4, -0.2) is 28.1 Å². The van der Waals surface area contributed by atoms with Gasteiger partial charge < -0.3 is 25.1 Å². The average Bonchev–Trinajstić information content (AvgIpc) is 2.97. The zero-order valence-electron chi connectivity index (χ0n) is 22.7. The van der Waals surface area contributed by atoms with Crippen LogP contribution in [0.5, 0.6) is 23.0 Å². The standard InChI is InChI=1S/C17H11Cl2F3O5.C12H9ClN2O3/c1-8(15(23)24)26-16(25)11-7-10(3-4-12(11)18)27-14-5-2-9(6-13(14)19)17(20,21)22;13-11-10(18-8-4-2-1-3-5-8)7-6-9(12(11)14)15(16)17/h2-8H,1H3,(H,23,24);1-7H,14H2/t8-;/m0./s1. The van der Waals surface area contributed by atoms with E-state index < -0.39 is 34.7 Å². The molecule has 0 spiro atoms. The summed E-state index contributed by atoms with van der Waals surface area (Å²) in [6.07, 6.45) is -5.96. The smallest absolute Gasteiger partial charge is 0.416 e. The lowest BCUT2D eigenvalue weighted by molar-refractivity contribution is -0.383. The molecule has 16 heteroatoms. The molecule has 236 valence electrons. The zero-order chi connectivity index (χ0) is 33.5. The van der Waals surface area contributed by atoms with Gasteiger partial charge in [-0.05, 0) is 61.5 Å². The van der Waals surface area contributed by atoms with Crippen LogP contribution in [0.15, 0.2) is 78.9 Å².